The van der Waals surface area contributed by atoms with Gasteiger partial charge in [-0.15, -0.1) is 0 Å². The minimum absolute atomic E-state index is 0.0367. The van der Waals surface area contributed by atoms with Crippen molar-refractivity contribution in [3.8, 4) is 0 Å². The summed E-state index contributed by atoms with van der Waals surface area (Å²) in [5, 5.41) is 4.01. The molecule has 0 bridgehead atoms. The number of carbonyl (C=O) groups is 2. The Kier molecular flexibility index (Phi) is 11.1. The number of nitrogens with one attached hydrogen (secondary N) is 1. The summed E-state index contributed by atoms with van der Waals surface area (Å²) in [6, 6.07) is 27.2. The zero-order valence-electron chi connectivity index (χ0n) is 23.3. The minimum Gasteiger partial charge on any atom is -0.355 e. The highest BCUT2D eigenvalue weighted by atomic mass is 35.5. The second-order valence-corrected chi connectivity index (χ2v) is 12.9. The van der Waals surface area contributed by atoms with E-state index in [0.717, 1.165) is 15.4 Å². The van der Waals surface area contributed by atoms with E-state index in [1.165, 1.54) is 35.2 Å². The summed E-state index contributed by atoms with van der Waals surface area (Å²) in [6.07, 6.45) is 0.215. The highest BCUT2D eigenvalue weighted by molar-refractivity contribution is 7.92. The Balaban J connectivity index is 1.79. The summed E-state index contributed by atoms with van der Waals surface area (Å²) in [5.74, 6) is -0.942. The molecule has 1 unspecified atom stereocenters. The highest BCUT2D eigenvalue weighted by Crippen LogP contribution is 2.28. The number of halogens is 3. The zero-order valence-corrected chi connectivity index (χ0v) is 26.4. The third-order valence-electron chi connectivity index (χ3n) is 6.66. The van der Waals surface area contributed by atoms with E-state index >= 15 is 0 Å². The van der Waals surface area contributed by atoms with E-state index in [0.29, 0.717) is 21.6 Å². The van der Waals surface area contributed by atoms with Gasteiger partial charge in [0.2, 0.25) is 11.8 Å². The summed E-state index contributed by atoms with van der Waals surface area (Å²) in [6.45, 7) is 1.59. The molecule has 1 atom stereocenters. The van der Waals surface area contributed by atoms with E-state index in [2.05, 4.69) is 5.32 Å². The molecule has 4 rings (SSSR count). The monoisotopic (exact) mass is 657 g/mol. The van der Waals surface area contributed by atoms with Crippen LogP contribution in [0.25, 0.3) is 0 Å². The molecule has 224 valence electrons. The average Bonchev–Trinajstić information content (AvgIpc) is 2.99. The van der Waals surface area contributed by atoms with Crippen LogP contribution in [0.3, 0.4) is 0 Å². The number of rotatable bonds is 12. The molecule has 0 aliphatic carbocycles. The Hall–Kier alpha value is -3.56. The molecule has 7 nitrogen and oxygen atoms in total. The smallest absolute Gasteiger partial charge is 0.264 e. The van der Waals surface area contributed by atoms with Crippen LogP contribution in [0.1, 0.15) is 18.1 Å². The van der Waals surface area contributed by atoms with Gasteiger partial charge in [0.05, 0.1) is 10.6 Å². The Morgan fingerprint density at radius 2 is 1.40 bits per heavy atom. The molecule has 4 aromatic carbocycles. The molecule has 2 amide bonds. The van der Waals surface area contributed by atoms with Crippen LogP contribution in [0.5, 0.6) is 0 Å². The van der Waals surface area contributed by atoms with Crippen LogP contribution >= 0.6 is 34.8 Å². The van der Waals surface area contributed by atoms with Gasteiger partial charge in [-0.05, 0) is 72.6 Å². The van der Waals surface area contributed by atoms with Crippen molar-refractivity contribution in [2.24, 2.45) is 0 Å². The molecule has 0 aliphatic heterocycles. The third kappa shape index (κ3) is 8.51. The largest absolute Gasteiger partial charge is 0.355 e. The number of likely N-dealkylation sites (N-methyl/N-ethyl adjacent to an activating group) is 1. The number of nitrogens with zero attached hydrogens (tertiary/aromatic N) is 2. The Morgan fingerprint density at radius 3 is 2.00 bits per heavy atom. The van der Waals surface area contributed by atoms with E-state index in [4.69, 9.17) is 34.8 Å². The molecule has 0 aromatic heterocycles. The normalized spacial score (nSPS) is 11.9. The summed E-state index contributed by atoms with van der Waals surface area (Å²) in [7, 11) is -4.26. The molecule has 1 N–H and O–H groups in total. The molecule has 0 aliphatic rings. The Morgan fingerprint density at radius 1 is 0.767 bits per heavy atom. The molecule has 11 heteroatoms. The van der Waals surface area contributed by atoms with Gasteiger partial charge in [-0.3, -0.25) is 13.9 Å². The maximum absolute atomic E-state index is 14.3. The van der Waals surface area contributed by atoms with Crippen molar-refractivity contribution in [2.45, 2.75) is 30.8 Å². The fourth-order valence-corrected chi connectivity index (χ4v) is 6.37. The molecular formula is C32H30Cl3N3O4S. The van der Waals surface area contributed by atoms with Crippen LogP contribution in [-0.4, -0.2) is 44.3 Å². The lowest BCUT2D eigenvalue weighted by molar-refractivity contribution is -0.140. The van der Waals surface area contributed by atoms with Crippen LogP contribution in [0, 0.1) is 0 Å². The SMILES string of the molecule is CCNC(=O)C(Cc1ccccc1)N(Cc1ccc(Cl)cc1)C(=O)CN(c1cccc(Cl)c1)S(=O)(=O)c1ccc(Cl)cc1. The van der Waals surface area contributed by atoms with Gasteiger partial charge in [0.25, 0.3) is 10.0 Å². The van der Waals surface area contributed by atoms with Crippen molar-refractivity contribution in [2.75, 3.05) is 17.4 Å². The fourth-order valence-electron chi connectivity index (χ4n) is 4.53. The lowest BCUT2D eigenvalue weighted by atomic mass is 10.0. The van der Waals surface area contributed by atoms with Gasteiger partial charge < -0.3 is 10.2 Å². The lowest BCUT2D eigenvalue weighted by Crippen LogP contribution is -2.53. The van der Waals surface area contributed by atoms with Gasteiger partial charge in [0, 0.05) is 34.6 Å². The number of amides is 2. The van der Waals surface area contributed by atoms with Crippen LogP contribution in [0.15, 0.2) is 108 Å². The van der Waals surface area contributed by atoms with E-state index in [-0.39, 0.29) is 29.5 Å². The van der Waals surface area contributed by atoms with Crippen molar-refractivity contribution in [3.05, 3.63) is 129 Å². The summed E-state index contributed by atoms with van der Waals surface area (Å²) >= 11 is 18.4. The molecular weight excluding hydrogens is 629 g/mol. The van der Waals surface area contributed by atoms with E-state index in [1.807, 2.05) is 30.3 Å². The van der Waals surface area contributed by atoms with Gasteiger partial charge in [-0.2, -0.15) is 0 Å². The van der Waals surface area contributed by atoms with Crippen molar-refractivity contribution in [3.63, 3.8) is 0 Å². The minimum atomic E-state index is -4.26. The number of sulfonamides is 1. The molecule has 0 saturated heterocycles. The highest BCUT2D eigenvalue weighted by Gasteiger charge is 2.34. The van der Waals surface area contributed by atoms with Crippen LogP contribution in [0.4, 0.5) is 5.69 Å². The number of benzene rings is 4. The van der Waals surface area contributed by atoms with Crippen LogP contribution < -0.4 is 9.62 Å². The van der Waals surface area contributed by atoms with Crippen LogP contribution in [-0.2, 0) is 32.6 Å². The molecule has 4 aromatic rings. The number of hydrogen-bond donors (Lipinski definition) is 1. The predicted octanol–water partition coefficient (Wildman–Crippen LogP) is 6.62. The molecule has 0 saturated carbocycles. The number of anilines is 1. The fraction of sp³-hybridized carbons (Fsp3) is 0.188. The van der Waals surface area contributed by atoms with E-state index in [1.54, 1.807) is 49.4 Å². The summed E-state index contributed by atoms with van der Waals surface area (Å²) in [4.78, 5) is 29.2. The first-order valence-electron chi connectivity index (χ1n) is 13.5. The van der Waals surface area contributed by atoms with E-state index in [9.17, 15) is 18.0 Å². The lowest BCUT2D eigenvalue weighted by Gasteiger charge is -2.34. The van der Waals surface area contributed by atoms with Gasteiger partial charge in [-0.25, -0.2) is 8.42 Å². The Bertz CT molecular complexity index is 1650. The third-order valence-corrected chi connectivity index (χ3v) is 9.19. The van der Waals surface area contributed by atoms with Crippen molar-refractivity contribution in [1.29, 1.82) is 0 Å². The zero-order chi connectivity index (χ0) is 31.0. The molecule has 0 heterocycles. The van der Waals surface area contributed by atoms with Gasteiger partial charge in [0.1, 0.15) is 12.6 Å². The Labute approximate surface area is 267 Å². The number of carbonyl (C=O) groups excluding carboxylic acids is 2. The first kappa shape index (κ1) is 32.4. The van der Waals surface area contributed by atoms with Crippen molar-refractivity contribution < 1.29 is 18.0 Å². The second-order valence-electron chi connectivity index (χ2n) is 9.69. The van der Waals surface area contributed by atoms with Gasteiger partial charge in [0.15, 0.2) is 0 Å². The summed E-state index contributed by atoms with van der Waals surface area (Å²) < 4.78 is 29.0. The quantitative estimate of drug-likeness (QED) is 0.185. The van der Waals surface area contributed by atoms with E-state index < -0.39 is 28.5 Å². The van der Waals surface area contributed by atoms with Crippen LogP contribution in [0.2, 0.25) is 15.1 Å². The molecule has 43 heavy (non-hydrogen) atoms. The second kappa shape index (κ2) is 14.8. The first-order valence-corrected chi connectivity index (χ1v) is 16.1. The van der Waals surface area contributed by atoms with Crippen molar-refractivity contribution >= 4 is 62.3 Å². The maximum atomic E-state index is 14.3. The predicted molar refractivity (Wildman–Crippen MR) is 172 cm³/mol. The topological polar surface area (TPSA) is 86.8 Å². The summed E-state index contributed by atoms with van der Waals surface area (Å²) in [5.41, 5.74) is 1.75. The molecule has 0 radical (unpaired) electrons. The number of hydrogen-bond acceptors (Lipinski definition) is 4. The average molecular weight is 659 g/mol. The van der Waals surface area contributed by atoms with Gasteiger partial charge >= 0.3 is 0 Å². The van der Waals surface area contributed by atoms with Crippen molar-refractivity contribution in [1.82, 2.24) is 10.2 Å². The first-order chi connectivity index (χ1) is 20.6. The molecule has 0 spiro atoms. The van der Waals surface area contributed by atoms with Gasteiger partial charge in [-0.1, -0.05) is 83.3 Å². The molecule has 0 fully saturated rings. The maximum Gasteiger partial charge on any atom is 0.264 e. The standard InChI is InChI=1S/C32H30Cl3N3O4S/c1-2-36-32(40)30(19-23-7-4-3-5-8-23)37(21-24-11-13-25(33)14-12-24)31(39)22-38(28-10-6-9-27(35)20-28)43(41,42)29-17-15-26(34)16-18-29/h3-18,20,30H,2,19,21-22H2,1H3,(H,36,40).